The van der Waals surface area contributed by atoms with Crippen molar-refractivity contribution in [2.75, 3.05) is 7.05 Å². The Morgan fingerprint density at radius 1 is 1.58 bits per heavy atom. The predicted molar refractivity (Wildman–Crippen MR) is 44.7 cm³/mol. The van der Waals surface area contributed by atoms with Gasteiger partial charge in [-0.3, -0.25) is 4.99 Å². The Balaban J connectivity index is 3.13. The molecule has 12 heavy (non-hydrogen) atoms. The zero-order chi connectivity index (χ0) is 9.14. The zero-order valence-corrected chi connectivity index (χ0v) is 6.58. The van der Waals surface area contributed by atoms with E-state index in [1.54, 1.807) is 0 Å². The summed E-state index contributed by atoms with van der Waals surface area (Å²) in [6.07, 6.45) is 0. The van der Waals surface area contributed by atoms with Gasteiger partial charge >= 0.3 is 0 Å². The third-order valence-corrected chi connectivity index (χ3v) is 1.48. The number of nitrogens with two attached hydrogens (primary N) is 1. The first-order valence-corrected chi connectivity index (χ1v) is 3.36. The van der Waals surface area contributed by atoms with Gasteiger partial charge in [-0.2, -0.15) is 0 Å². The Bertz CT molecular complexity index is 323. The average Bonchev–Trinajstić information content (AvgIpc) is 2.08. The van der Waals surface area contributed by atoms with Crippen LogP contribution in [-0.4, -0.2) is 18.0 Å². The van der Waals surface area contributed by atoms with E-state index >= 15 is 0 Å². The number of halogens is 1. The van der Waals surface area contributed by atoms with Crippen LogP contribution < -0.4 is 5.73 Å². The van der Waals surface area contributed by atoms with Crippen LogP contribution in [0.25, 0.3) is 0 Å². The second kappa shape index (κ2) is 3.21. The molecule has 64 valence electrons. The van der Waals surface area contributed by atoms with E-state index in [9.17, 15) is 4.39 Å². The summed E-state index contributed by atoms with van der Waals surface area (Å²) in [6.45, 7) is 0. The molecule has 0 unspecified atom stereocenters. The molecular weight excluding hydrogens is 159 g/mol. The lowest BCUT2D eigenvalue weighted by molar-refractivity contribution is 0.432. The highest BCUT2D eigenvalue weighted by Gasteiger charge is 2.03. The smallest absolute Gasteiger partial charge is 0.165 e. The van der Waals surface area contributed by atoms with Crippen LogP contribution in [-0.2, 0) is 0 Å². The Hall–Kier alpha value is -1.58. The number of phenols is 1. The zero-order valence-electron chi connectivity index (χ0n) is 6.58. The molecule has 0 fully saturated rings. The van der Waals surface area contributed by atoms with E-state index in [0.29, 0.717) is 5.56 Å². The molecule has 0 atom stereocenters. The molecule has 3 N–H and O–H groups in total. The van der Waals surface area contributed by atoms with Crippen LogP contribution in [0.5, 0.6) is 5.75 Å². The summed E-state index contributed by atoms with van der Waals surface area (Å²) < 4.78 is 12.7. The number of benzene rings is 1. The van der Waals surface area contributed by atoms with Crippen molar-refractivity contribution in [3.05, 3.63) is 29.6 Å². The van der Waals surface area contributed by atoms with Gasteiger partial charge in [-0.05, 0) is 18.2 Å². The first-order chi connectivity index (χ1) is 5.65. The molecule has 1 aromatic carbocycles. The van der Waals surface area contributed by atoms with Gasteiger partial charge in [0.05, 0.1) is 0 Å². The third kappa shape index (κ3) is 1.53. The van der Waals surface area contributed by atoms with Gasteiger partial charge in [0.1, 0.15) is 5.84 Å². The van der Waals surface area contributed by atoms with Crippen molar-refractivity contribution in [3.63, 3.8) is 0 Å². The fraction of sp³-hybridized carbons (Fsp3) is 0.125. The highest BCUT2D eigenvalue weighted by Crippen LogP contribution is 2.15. The molecule has 4 heteroatoms. The van der Waals surface area contributed by atoms with Gasteiger partial charge in [-0.25, -0.2) is 4.39 Å². The number of hydrogen-bond donors (Lipinski definition) is 2. The molecule has 0 radical (unpaired) electrons. The lowest BCUT2D eigenvalue weighted by Crippen LogP contribution is -2.12. The van der Waals surface area contributed by atoms with Crippen LogP contribution in [0, 0.1) is 5.82 Å². The SMILES string of the molecule is CN=C(N)c1ccc(O)c(F)c1. The quantitative estimate of drug-likeness (QED) is 0.482. The largest absolute Gasteiger partial charge is 0.505 e. The monoisotopic (exact) mass is 168 g/mol. The van der Waals surface area contributed by atoms with Gasteiger partial charge in [0.2, 0.25) is 0 Å². The van der Waals surface area contributed by atoms with E-state index < -0.39 is 5.82 Å². The second-order valence-electron chi connectivity index (χ2n) is 2.28. The molecule has 3 nitrogen and oxygen atoms in total. The molecule has 0 aliphatic heterocycles. The summed E-state index contributed by atoms with van der Waals surface area (Å²) in [4.78, 5) is 3.68. The maximum atomic E-state index is 12.7. The molecular formula is C8H9FN2O. The van der Waals surface area contributed by atoms with Crippen LogP contribution in [0.15, 0.2) is 23.2 Å². The van der Waals surface area contributed by atoms with E-state index in [-0.39, 0.29) is 11.6 Å². The lowest BCUT2D eigenvalue weighted by atomic mass is 10.2. The van der Waals surface area contributed by atoms with Crippen LogP contribution in [0.3, 0.4) is 0 Å². The number of aliphatic imine (C=N–C) groups is 1. The van der Waals surface area contributed by atoms with E-state index in [0.717, 1.165) is 6.07 Å². The van der Waals surface area contributed by atoms with Gasteiger partial charge in [0.15, 0.2) is 11.6 Å². The van der Waals surface area contributed by atoms with E-state index in [1.165, 1.54) is 19.2 Å². The predicted octanol–water partition coefficient (Wildman–Crippen LogP) is 0.866. The van der Waals surface area contributed by atoms with Crippen molar-refractivity contribution in [2.45, 2.75) is 0 Å². The maximum Gasteiger partial charge on any atom is 0.165 e. The van der Waals surface area contributed by atoms with Crippen LogP contribution in [0.4, 0.5) is 4.39 Å². The fourth-order valence-corrected chi connectivity index (χ4v) is 0.795. The van der Waals surface area contributed by atoms with E-state index in [1.807, 2.05) is 0 Å². The summed E-state index contributed by atoms with van der Waals surface area (Å²) in [5.74, 6) is -0.837. The summed E-state index contributed by atoms with van der Waals surface area (Å²) in [6, 6.07) is 3.88. The highest BCUT2D eigenvalue weighted by molar-refractivity contribution is 5.97. The number of hydrogen-bond acceptors (Lipinski definition) is 2. The number of nitrogens with zero attached hydrogens (tertiary/aromatic N) is 1. The molecule has 0 saturated carbocycles. The minimum Gasteiger partial charge on any atom is -0.505 e. The van der Waals surface area contributed by atoms with Crippen molar-refractivity contribution in [1.29, 1.82) is 0 Å². The number of aromatic hydroxyl groups is 1. The number of amidine groups is 1. The van der Waals surface area contributed by atoms with Crippen LogP contribution in [0.1, 0.15) is 5.56 Å². The molecule has 0 aliphatic carbocycles. The van der Waals surface area contributed by atoms with Crippen molar-refractivity contribution >= 4 is 5.84 Å². The van der Waals surface area contributed by atoms with Gasteiger partial charge in [0.25, 0.3) is 0 Å². The van der Waals surface area contributed by atoms with Crippen molar-refractivity contribution in [2.24, 2.45) is 10.7 Å². The van der Waals surface area contributed by atoms with Crippen LogP contribution in [0.2, 0.25) is 0 Å². The minimum absolute atomic E-state index is 0.244. The Morgan fingerprint density at radius 2 is 2.25 bits per heavy atom. The third-order valence-electron chi connectivity index (χ3n) is 1.48. The van der Waals surface area contributed by atoms with Crippen molar-refractivity contribution in [1.82, 2.24) is 0 Å². The molecule has 0 aromatic heterocycles. The molecule has 0 heterocycles. The molecule has 1 rings (SSSR count). The molecule has 0 spiro atoms. The topological polar surface area (TPSA) is 58.6 Å². The summed E-state index contributed by atoms with van der Waals surface area (Å²) in [5.41, 5.74) is 5.88. The van der Waals surface area contributed by atoms with Crippen LogP contribution >= 0.6 is 0 Å². The summed E-state index contributed by atoms with van der Waals surface area (Å²) in [5, 5.41) is 8.84. The molecule has 0 bridgehead atoms. The van der Waals surface area contributed by atoms with Gasteiger partial charge in [-0.15, -0.1) is 0 Å². The van der Waals surface area contributed by atoms with Gasteiger partial charge in [0, 0.05) is 12.6 Å². The Morgan fingerprint density at radius 3 is 2.75 bits per heavy atom. The molecule has 1 aromatic rings. The Kier molecular flexibility index (Phi) is 2.28. The normalized spacial score (nSPS) is 11.7. The molecule has 0 aliphatic rings. The fourth-order valence-electron chi connectivity index (χ4n) is 0.795. The van der Waals surface area contributed by atoms with Crippen molar-refractivity contribution < 1.29 is 9.50 Å². The molecule has 0 saturated heterocycles. The average molecular weight is 168 g/mol. The van der Waals surface area contributed by atoms with Gasteiger partial charge < -0.3 is 10.8 Å². The number of phenolic OH excluding ortho intramolecular Hbond substituents is 1. The molecule has 0 amide bonds. The maximum absolute atomic E-state index is 12.7. The standard InChI is InChI=1S/C8H9FN2O/c1-11-8(10)5-2-3-7(12)6(9)4-5/h2-4,12H,1H3,(H2,10,11). The highest BCUT2D eigenvalue weighted by atomic mass is 19.1. The lowest BCUT2D eigenvalue weighted by Gasteiger charge is -2.00. The second-order valence-corrected chi connectivity index (χ2v) is 2.28. The van der Waals surface area contributed by atoms with E-state index in [4.69, 9.17) is 10.8 Å². The first kappa shape index (κ1) is 8.52. The van der Waals surface area contributed by atoms with E-state index in [2.05, 4.69) is 4.99 Å². The summed E-state index contributed by atoms with van der Waals surface area (Å²) >= 11 is 0. The number of rotatable bonds is 1. The van der Waals surface area contributed by atoms with Crippen molar-refractivity contribution in [3.8, 4) is 5.75 Å². The first-order valence-electron chi connectivity index (χ1n) is 3.36. The Labute approximate surface area is 69.4 Å². The summed E-state index contributed by atoms with van der Waals surface area (Å²) in [7, 11) is 1.51. The minimum atomic E-state index is -0.695. The van der Waals surface area contributed by atoms with Gasteiger partial charge in [-0.1, -0.05) is 0 Å².